The van der Waals surface area contributed by atoms with Gasteiger partial charge >= 0.3 is 0 Å². The van der Waals surface area contributed by atoms with E-state index in [1.807, 2.05) is 37.3 Å². The first-order valence-corrected chi connectivity index (χ1v) is 6.19. The Bertz CT molecular complexity index is 537. The zero-order chi connectivity index (χ0) is 13.7. The molecule has 0 amide bonds. The van der Waals surface area contributed by atoms with E-state index in [1.165, 1.54) is 6.92 Å². The molecule has 1 aromatic carbocycles. The molecule has 2 rings (SSSR count). The van der Waals surface area contributed by atoms with E-state index in [2.05, 4.69) is 10.1 Å². The Hall–Kier alpha value is -2.01. The van der Waals surface area contributed by atoms with Gasteiger partial charge in [-0.05, 0) is 19.4 Å². The summed E-state index contributed by atoms with van der Waals surface area (Å²) in [5, 5.41) is 3.90. The molecule has 0 saturated heterocycles. The van der Waals surface area contributed by atoms with Gasteiger partial charge in [-0.25, -0.2) is 0 Å². The van der Waals surface area contributed by atoms with Crippen LogP contribution in [0.5, 0.6) is 0 Å². The summed E-state index contributed by atoms with van der Waals surface area (Å²) in [7, 11) is 0. The first-order chi connectivity index (χ1) is 9.20. The van der Waals surface area contributed by atoms with E-state index in [-0.39, 0.29) is 18.3 Å². The van der Waals surface area contributed by atoms with Crippen LogP contribution >= 0.6 is 0 Å². The van der Waals surface area contributed by atoms with Crippen LogP contribution in [0.25, 0.3) is 0 Å². The Balaban J connectivity index is 2.24. The molecule has 0 aliphatic carbocycles. The van der Waals surface area contributed by atoms with Gasteiger partial charge in [0.25, 0.3) is 0 Å². The van der Waals surface area contributed by atoms with Crippen LogP contribution in [0.1, 0.15) is 37.2 Å². The minimum absolute atomic E-state index is 0.0112. The summed E-state index contributed by atoms with van der Waals surface area (Å²) >= 11 is 0. The number of aromatic nitrogens is 2. The first-order valence-electron chi connectivity index (χ1n) is 6.19. The Morgan fingerprint density at radius 3 is 2.74 bits per heavy atom. The predicted octanol–water partition coefficient (Wildman–Crippen LogP) is 2.33. The Kier molecular flexibility index (Phi) is 4.41. The van der Waals surface area contributed by atoms with Crippen LogP contribution in [0.3, 0.4) is 0 Å². The SMILES string of the molecule is CCOC(c1ccccc1)c1noc(CC(C)=O)n1. The Labute approximate surface area is 111 Å². The molecule has 19 heavy (non-hydrogen) atoms. The summed E-state index contributed by atoms with van der Waals surface area (Å²) in [5.41, 5.74) is 0.958. The van der Waals surface area contributed by atoms with E-state index >= 15 is 0 Å². The molecule has 1 atom stereocenters. The number of carbonyl (C=O) groups is 1. The van der Waals surface area contributed by atoms with Crippen molar-refractivity contribution in [2.24, 2.45) is 0 Å². The zero-order valence-electron chi connectivity index (χ0n) is 11.0. The van der Waals surface area contributed by atoms with E-state index < -0.39 is 0 Å². The number of hydrogen-bond donors (Lipinski definition) is 0. The number of hydrogen-bond acceptors (Lipinski definition) is 5. The number of nitrogens with zero attached hydrogens (tertiary/aromatic N) is 2. The topological polar surface area (TPSA) is 65.2 Å². The maximum absolute atomic E-state index is 11.0. The molecule has 0 fully saturated rings. The number of benzene rings is 1. The Morgan fingerprint density at radius 1 is 1.37 bits per heavy atom. The molecule has 0 spiro atoms. The Morgan fingerprint density at radius 2 is 2.11 bits per heavy atom. The van der Waals surface area contributed by atoms with Gasteiger partial charge in [0, 0.05) is 6.61 Å². The maximum Gasteiger partial charge on any atom is 0.234 e. The molecule has 2 aromatic rings. The molecule has 100 valence electrons. The monoisotopic (exact) mass is 260 g/mol. The van der Waals surface area contributed by atoms with Crippen LogP contribution in [0.15, 0.2) is 34.9 Å². The molecule has 0 bridgehead atoms. The summed E-state index contributed by atoms with van der Waals surface area (Å²) < 4.78 is 10.7. The van der Waals surface area contributed by atoms with Crippen LogP contribution < -0.4 is 0 Å². The maximum atomic E-state index is 11.0. The molecule has 0 aliphatic heterocycles. The highest BCUT2D eigenvalue weighted by molar-refractivity contribution is 5.77. The van der Waals surface area contributed by atoms with Crippen molar-refractivity contribution >= 4 is 5.78 Å². The van der Waals surface area contributed by atoms with Gasteiger partial charge in [-0.2, -0.15) is 4.98 Å². The highest BCUT2D eigenvalue weighted by Gasteiger charge is 2.20. The molecule has 0 aliphatic rings. The summed E-state index contributed by atoms with van der Waals surface area (Å²) in [6.45, 7) is 3.93. The van der Waals surface area contributed by atoms with Crippen LogP contribution in [-0.4, -0.2) is 22.5 Å². The highest BCUT2D eigenvalue weighted by atomic mass is 16.5. The van der Waals surface area contributed by atoms with E-state index in [9.17, 15) is 4.79 Å². The molecule has 1 heterocycles. The normalized spacial score (nSPS) is 12.3. The van der Waals surface area contributed by atoms with Crippen LogP contribution in [0, 0.1) is 0 Å². The highest BCUT2D eigenvalue weighted by Crippen LogP contribution is 2.23. The fraction of sp³-hybridized carbons (Fsp3) is 0.357. The second-order valence-corrected chi connectivity index (χ2v) is 4.17. The molecule has 5 heteroatoms. The van der Waals surface area contributed by atoms with E-state index in [4.69, 9.17) is 9.26 Å². The van der Waals surface area contributed by atoms with Crippen molar-refractivity contribution in [2.75, 3.05) is 6.61 Å². The predicted molar refractivity (Wildman–Crippen MR) is 68.6 cm³/mol. The molecule has 0 saturated carbocycles. The molecule has 1 unspecified atom stereocenters. The van der Waals surface area contributed by atoms with E-state index in [1.54, 1.807) is 0 Å². The van der Waals surface area contributed by atoms with Gasteiger partial charge in [-0.15, -0.1) is 0 Å². The van der Waals surface area contributed by atoms with Gasteiger partial charge in [-0.1, -0.05) is 35.5 Å². The van der Waals surface area contributed by atoms with Crippen LogP contribution in [-0.2, 0) is 16.0 Å². The van der Waals surface area contributed by atoms with E-state index in [0.29, 0.717) is 18.3 Å². The summed E-state index contributed by atoms with van der Waals surface area (Å²) in [6, 6.07) is 9.68. The van der Waals surface area contributed by atoms with Crippen LogP contribution in [0.4, 0.5) is 0 Å². The van der Waals surface area contributed by atoms with Gasteiger partial charge in [0.05, 0.1) is 6.42 Å². The summed E-state index contributed by atoms with van der Waals surface area (Å²) in [6.07, 6.45) is -0.212. The van der Waals surface area contributed by atoms with Gasteiger partial charge < -0.3 is 9.26 Å². The fourth-order valence-electron chi connectivity index (χ4n) is 1.77. The van der Waals surface area contributed by atoms with Gasteiger partial charge in [-0.3, -0.25) is 4.79 Å². The summed E-state index contributed by atoms with van der Waals surface area (Å²) in [4.78, 5) is 15.3. The third kappa shape index (κ3) is 3.48. The molecule has 0 radical (unpaired) electrons. The standard InChI is InChI=1S/C14H16N2O3/c1-3-18-13(11-7-5-4-6-8-11)14-15-12(19-16-14)9-10(2)17/h4-8,13H,3,9H2,1-2H3. The molecular weight excluding hydrogens is 244 g/mol. The van der Waals surface area contributed by atoms with Crippen molar-refractivity contribution in [1.82, 2.24) is 10.1 Å². The second-order valence-electron chi connectivity index (χ2n) is 4.17. The largest absolute Gasteiger partial charge is 0.366 e. The first kappa shape index (κ1) is 13.4. The lowest BCUT2D eigenvalue weighted by Gasteiger charge is -2.13. The van der Waals surface area contributed by atoms with Crippen molar-refractivity contribution in [3.63, 3.8) is 0 Å². The number of carbonyl (C=O) groups excluding carboxylic acids is 1. The fourth-order valence-corrected chi connectivity index (χ4v) is 1.77. The minimum atomic E-state index is -0.365. The zero-order valence-corrected chi connectivity index (χ0v) is 11.0. The molecule has 0 N–H and O–H groups in total. The number of ketones is 1. The van der Waals surface area contributed by atoms with Crippen molar-refractivity contribution in [3.05, 3.63) is 47.6 Å². The van der Waals surface area contributed by atoms with Crippen LogP contribution in [0.2, 0.25) is 0 Å². The average Bonchev–Trinajstić information content (AvgIpc) is 2.84. The van der Waals surface area contributed by atoms with Crippen molar-refractivity contribution in [2.45, 2.75) is 26.4 Å². The minimum Gasteiger partial charge on any atom is -0.366 e. The molecule has 1 aromatic heterocycles. The quantitative estimate of drug-likeness (QED) is 0.797. The lowest BCUT2D eigenvalue weighted by atomic mass is 10.1. The number of rotatable bonds is 6. The van der Waals surface area contributed by atoms with Gasteiger partial charge in [0.2, 0.25) is 11.7 Å². The lowest BCUT2D eigenvalue weighted by Crippen LogP contribution is -2.08. The molecule has 5 nitrogen and oxygen atoms in total. The van der Waals surface area contributed by atoms with E-state index in [0.717, 1.165) is 5.56 Å². The van der Waals surface area contributed by atoms with Crippen molar-refractivity contribution in [3.8, 4) is 0 Å². The van der Waals surface area contributed by atoms with Gasteiger partial charge in [0.15, 0.2) is 0 Å². The number of ether oxygens (including phenoxy) is 1. The smallest absolute Gasteiger partial charge is 0.234 e. The third-order valence-electron chi connectivity index (χ3n) is 2.55. The number of Topliss-reactive ketones (excluding diaryl/α,β-unsaturated/α-hetero) is 1. The second kappa shape index (κ2) is 6.24. The van der Waals surface area contributed by atoms with Gasteiger partial charge in [0.1, 0.15) is 11.9 Å². The third-order valence-corrected chi connectivity index (χ3v) is 2.55. The van der Waals surface area contributed by atoms with Crippen molar-refractivity contribution in [1.29, 1.82) is 0 Å². The average molecular weight is 260 g/mol. The lowest BCUT2D eigenvalue weighted by molar-refractivity contribution is -0.116. The van der Waals surface area contributed by atoms with Crippen molar-refractivity contribution < 1.29 is 14.1 Å². The molecular formula is C14H16N2O3. The summed E-state index contributed by atoms with van der Waals surface area (Å²) in [5.74, 6) is 0.760.